The van der Waals surface area contributed by atoms with Gasteiger partial charge in [0.25, 0.3) is 0 Å². The molecular weight excluding hydrogens is 316 g/mol. The summed E-state index contributed by atoms with van der Waals surface area (Å²) in [6, 6.07) is 5.76. The fourth-order valence-corrected chi connectivity index (χ4v) is 2.40. The molecule has 2 N–H and O–H groups in total. The molecular formula is C12H14BrClN4. The van der Waals surface area contributed by atoms with Crippen molar-refractivity contribution in [3.05, 3.63) is 33.5 Å². The largest absolute Gasteiger partial charge is 0.324 e. The summed E-state index contributed by atoms with van der Waals surface area (Å²) in [7, 11) is 0. The number of nitrogens with zero attached hydrogens (tertiary/aromatic N) is 3. The Kier molecular flexibility index (Phi) is 4.37. The fourth-order valence-electron chi connectivity index (χ4n) is 1.82. The molecule has 0 radical (unpaired) electrons. The summed E-state index contributed by atoms with van der Waals surface area (Å²) in [5, 5.41) is 8.96. The van der Waals surface area contributed by atoms with Gasteiger partial charge >= 0.3 is 0 Å². The molecule has 0 atom stereocenters. The predicted octanol–water partition coefficient (Wildman–Crippen LogP) is 3.23. The van der Waals surface area contributed by atoms with Gasteiger partial charge in [0.05, 0.1) is 11.6 Å². The summed E-state index contributed by atoms with van der Waals surface area (Å²) < 4.78 is 2.87. The summed E-state index contributed by atoms with van der Waals surface area (Å²) in [6.45, 7) is 3.31. The molecule has 0 aliphatic carbocycles. The first-order valence-electron chi connectivity index (χ1n) is 5.75. The molecule has 0 saturated heterocycles. The van der Waals surface area contributed by atoms with Gasteiger partial charge in [0.1, 0.15) is 5.82 Å². The fraction of sp³-hybridized carbons (Fsp3) is 0.333. The molecule has 1 heterocycles. The van der Waals surface area contributed by atoms with Crippen molar-refractivity contribution < 1.29 is 0 Å². The van der Waals surface area contributed by atoms with Crippen LogP contribution in [0, 0.1) is 0 Å². The van der Waals surface area contributed by atoms with E-state index in [1.165, 1.54) is 0 Å². The molecule has 2 rings (SSSR count). The molecule has 0 aliphatic heterocycles. The van der Waals surface area contributed by atoms with Crippen LogP contribution in [0.3, 0.4) is 0 Å². The lowest BCUT2D eigenvalue weighted by Gasteiger charge is -2.09. The number of aromatic nitrogens is 3. The molecule has 4 nitrogen and oxygen atoms in total. The minimum absolute atomic E-state index is 0.374. The van der Waals surface area contributed by atoms with Crippen molar-refractivity contribution in [1.82, 2.24) is 14.8 Å². The molecule has 0 fully saturated rings. The van der Waals surface area contributed by atoms with Crippen LogP contribution in [0.2, 0.25) is 5.02 Å². The Hall–Kier alpha value is -0.910. The highest BCUT2D eigenvalue weighted by molar-refractivity contribution is 9.10. The van der Waals surface area contributed by atoms with Crippen LogP contribution in [0.1, 0.15) is 19.2 Å². The summed E-state index contributed by atoms with van der Waals surface area (Å²) in [6.07, 6.45) is 0.990. The van der Waals surface area contributed by atoms with Crippen LogP contribution in [0.25, 0.3) is 11.4 Å². The van der Waals surface area contributed by atoms with Crippen LogP contribution in [-0.4, -0.2) is 14.8 Å². The van der Waals surface area contributed by atoms with Crippen molar-refractivity contribution in [3.8, 4) is 11.4 Å². The maximum Gasteiger partial charge on any atom is 0.165 e. The highest BCUT2D eigenvalue weighted by atomic mass is 79.9. The SMILES string of the molecule is CCCn1c(CN)nnc1-c1cccc(Br)c1Cl. The van der Waals surface area contributed by atoms with Crippen LogP contribution in [0.15, 0.2) is 22.7 Å². The number of rotatable bonds is 4. The monoisotopic (exact) mass is 328 g/mol. The molecule has 6 heteroatoms. The van der Waals surface area contributed by atoms with Gasteiger partial charge in [0.2, 0.25) is 0 Å². The Bertz CT molecular complexity index is 553. The molecule has 1 aromatic carbocycles. The highest BCUT2D eigenvalue weighted by Crippen LogP contribution is 2.33. The Balaban J connectivity index is 2.56. The topological polar surface area (TPSA) is 56.7 Å². The van der Waals surface area contributed by atoms with E-state index < -0.39 is 0 Å². The Morgan fingerprint density at radius 3 is 2.83 bits per heavy atom. The van der Waals surface area contributed by atoms with E-state index >= 15 is 0 Å². The zero-order chi connectivity index (χ0) is 13.1. The van der Waals surface area contributed by atoms with Crippen LogP contribution in [-0.2, 0) is 13.1 Å². The summed E-state index contributed by atoms with van der Waals surface area (Å²) >= 11 is 9.71. The Morgan fingerprint density at radius 1 is 1.39 bits per heavy atom. The van der Waals surface area contributed by atoms with Gasteiger partial charge in [-0.1, -0.05) is 24.6 Å². The van der Waals surface area contributed by atoms with Gasteiger partial charge in [0, 0.05) is 16.6 Å². The highest BCUT2D eigenvalue weighted by Gasteiger charge is 2.15. The van der Waals surface area contributed by atoms with Crippen molar-refractivity contribution in [2.45, 2.75) is 26.4 Å². The van der Waals surface area contributed by atoms with Crippen molar-refractivity contribution >= 4 is 27.5 Å². The van der Waals surface area contributed by atoms with Crippen LogP contribution < -0.4 is 5.73 Å². The van der Waals surface area contributed by atoms with Crippen molar-refractivity contribution in [2.75, 3.05) is 0 Å². The lowest BCUT2D eigenvalue weighted by atomic mass is 10.2. The van der Waals surface area contributed by atoms with Gasteiger partial charge in [0.15, 0.2) is 5.82 Å². The second-order valence-electron chi connectivity index (χ2n) is 3.90. The first-order valence-corrected chi connectivity index (χ1v) is 6.92. The molecule has 0 bridgehead atoms. The van der Waals surface area contributed by atoms with Gasteiger partial charge in [-0.25, -0.2) is 0 Å². The molecule has 0 amide bonds. The molecule has 1 aromatic heterocycles. The first kappa shape index (κ1) is 13.5. The quantitative estimate of drug-likeness (QED) is 0.937. The number of hydrogen-bond donors (Lipinski definition) is 1. The second kappa shape index (κ2) is 5.82. The third kappa shape index (κ3) is 2.43. The van der Waals surface area contributed by atoms with E-state index in [1.54, 1.807) is 0 Å². The van der Waals surface area contributed by atoms with Gasteiger partial charge in [-0.05, 0) is 34.5 Å². The van der Waals surface area contributed by atoms with E-state index in [1.807, 2.05) is 22.8 Å². The summed E-state index contributed by atoms with van der Waals surface area (Å²) in [4.78, 5) is 0. The Labute approximate surface area is 119 Å². The molecule has 0 unspecified atom stereocenters. The number of nitrogens with two attached hydrogens (primary N) is 1. The second-order valence-corrected chi connectivity index (χ2v) is 5.13. The van der Waals surface area contributed by atoms with Crippen molar-refractivity contribution in [2.24, 2.45) is 5.73 Å². The maximum absolute atomic E-state index is 6.29. The molecule has 96 valence electrons. The van der Waals surface area contributed by atoms with E-state index in [9.17, 15) is 0 Å². The smallest absolute Gasteiger partial charge is 0.165 e. The van der Waals surface area contributed by atoms with Crippen molar-refractivity contribution in [1.29, 1.82) is 0 Å². The zero-order valence-electron chi connectivity index (χ0n) is 10.0. The Morgan fingerprint density at radius 2 is 2.17 bits per heavy atom. The number of halogens is 2. The van der Waals surface area contributed by atoms with Crippen LogP contribution in [0.4, 0.5) is 0 Å². The first-order chi connectivity index (χ1) is 8.69. The average Bonchev–Trinajstić information content (AvgIpc) is 2.76. The summed E-state index contributed by atoms with van der Waals surface area (Å²) in [5.74, 6) is 1.55. The number of benzene rings is 1. The van der Waals surface area contributed by atoms with E-state index in [4.69, 9.17) is 17.3 Å². The van der Waals surface area contributed by atoms with Crippen LogP contribution >= 0.6 is 27.5 Å². The average molecular weight is 330 g/mol. The summed E-state index contributed by atoms with van der Waals surface area (Å²) in [5.41, 5.74) is 6.54. The number of hydrogen-bond acceptors (Lipinski definition) is 3. The lowest BCUT2D eigenvalue weighted by Crippen LogP contribution is -2.09. The normalized spacial score (nSPS) is 10.9. The van der Waals surface area contributed by atoms with Gasteiger partial charge in [-0.2, -0.15) is 0 Å². The molecule has 2 aromatic rings. The third-order valence-electron chi connectivity index (χ3n) is 2.65. The van der Waals surface area contributed by atoms with Gasteiger partial charge in [-0.15, -0.1) is 10.2 Å². The molecule has 18 heavy (non-hydrogen) atoms. The van der Waals surface area contributed by atoms with E-state index in [-0.39, 0.29) is 0 Å². The van der Waals surface area contributed by atoms with Gasteiger partial charge in [-0.3, -0.25) is 0 Å². The molecule has 0 spiro atoms. The zero-order valence-corrected chi connectivity index (χ0v) is 12.4. The molecule has 0 saturated carbocycles. The predicted molar refractivity (Wildman–Crippen MR) is 76.4 cm³/mol. The van der Waals surface area contributed by atoms with Crippen molar-refractivity contribution in [3.63, 3.8) is 0 Å². The van der Waals surface area contributed by atoms with Crippen LogP contribution in [0.5, 0.6) is 0 Å². The standard InChI is InChI=1S/C12H14BrClN4/c1-2-6-18-10(7-15)16-17-12(18)8-4-3-5-9(13)11(8)14/h3-5H,2,6-7,15H2,1H3. The minimum Gasteiger partial charge on any atom is -0.324 e. The lowest BCUT2D eigenvalue weighted by molar-refractivity contribution is 0.644. The van der Waals surface area contributed by atoms with E-state index in [2.05, 4.69) is 33.1 Å². The van der Waals surface area contributed by atoms with E-state index in [0.29, 0.717) is 11.6 Å². The minimum atomic E-state index is 0.374. The van der Waals surface area contributed by atoms with Gasteiger partial charge < -0.3 is 10.3 Å². The molecule has 0 aliphatic rings. The third-order valence-corrected chi connectivity index (χ3v) is 3.95. The maximum atomic E-state index is 6.29. The van der Waals surface area contributed by atoms with E-state index in [0.717, 1.165) is 34.7 Å².